The van der Waals surface area contributed by atoms with Crippen LogP contribution >= 0.6 is 34.2 Å². The number of carbonyl (C=O) groups excluding carboxylic acids is 1. The van der Waals surface area contributed by atoms with Gasteiger partial charge in [-0.3, -0.25) is 9.78 Å². The molecule has 0 bridgehead atoms. The van der Waals surface area contributed by atoms with E-state index in [0.29, 0.717) is 22.0 Å². The summed E-state index contributed by atoms with van der Waals surface area (Å²) < 4.78 is 1.03. The zero-order valence-corrected chi connectivity index (χ0v) is 12.1. The molecule has 1 aromatic carbocycles. The molecular weight excluding hydrogens is 365 g/mol. The Morgan fingerprint density at radius 2 is 2.11 bits per heavy atom. The number of hydrogen-bond donors (Lipinski definition) is 2. The summed E-state index contributed by atoms with van der Waals surface area (Å²) in [5, 5.41) is 3.62. The van der Waals surface area contributed by atoms with Gasteiger partial charge in [0.2, 0.25) is 0 Å². The van der Waals surface area contributed by atoms with Crippen LogP contribution in [0, 0.1) is 3.57 Å². The summed E-state index contributed by atoms with van der Waals surface area (Å²) in [7, 11) is 0. The predicted octanol–water partition coefficient (Wildman–Crippen LogP) is 3.18. The van der Waals surface area contributed by atoms with E-state index in [4.69, 9.17) is 17.3 Å². The highest BCUT2D eigenvalue weighted by Crippen LogP contribution is 2.28. The minimum Gasteiger partial charge on any atom is -0.366 e. The molecular formula is C12H9ClIN3O. The van der Waals surface area contributed by atoms with E-state index in [-0.39, 0.29) is 0 Å². The highest BCUT2D eigenvalue weighted by molar-refractivity contribution is 14.1. The minimum atomic E-state index is -0.512. The van der Waals surface area contributed by atoms with Crippen molar-refractivity contribution >= 4 is 51.5 Å². The smallest absolute Gasteiger partial charge is 0.250 e. The fourth-order valence-corrected chi connectivity index (χ4v) is 2.35. The molecule has 0 spiro atoms. The Morgan fingerprint density at radius 1 is 1.33 bits per heavy atom. The molecule has 2 rings (SSSR count). The quantitative estimate of drug-likeness (QED) is 0.812. The first-order valence-electron chi connectivity index (χ1n) is 5.04. The molecule has 0 unspecified atom stereocenters. The van der Waals surface area contributed by atoms with Gasteiger partial charge in [0.05, 0.1) is 28.2 Å². The van der Waals surface area contributed by atoms with Crippen LogP contribution in [0.4, 0.5) is 11.4 Å². The van der Waals surface area contributed by atoms with E-state index in [1.165, 1.54) is 12.4 Å². The van der Waals surface area contributed by atoms with Crippen molar-refractivity contribution in [3.05, 3.63) is 50.8 Å². The summed E-state index contributed by atoms with van der Waals surface area (Å²) >= 11 is 8.28. The summed E-state index contributed by atoms with van der Waals surface area (Å²) in [4.78, 5) is 15.2. The standard InChI is InChI=1S/C12H9ClIN3O/c13-9-5-7(14)1-2-10(9)17-11-6-16-4-3-8(11)12(15)18/h1-6,17H,(H2,15,18). The van der Waals surface area contributed by atoms with Gasteiger partial charge in [0, 0.05) is 9.77 Å². The Labute approximate surface area is 123 Å². The maximum atomic E-state index is 11.3. The molecule has 6 heteroatoms. The van der Waals surface area contributed by atoms with Gasteiger partial charge >= 0.3 is 0 Å². The van der Waals surface area contributed by atoms with E-state index in [2.05, 4.69) is 32.9 Å². The second-order valence-corrected chi connectivity index (χ2v) is 5.19. The van der Waals surface area contributed by atoms with E-state index in [1.807, 2.05) is 18.2 Å². The van der Waals surface area contributed by atoms with Gasteiger partial charge in [-0.1, -0.05) is 11.6 Å². The molecule has 3 N–H and O–H groups in total. The van der Waals surface area contributed by atoms with Crippen LogP contribution in [0.15, 0.2) is 36.7 Å². The molecule has 1 heterocycles. The molecule has 1 aromatic heterocycles. The summed E-state index contributed by atoms with van der Waals surface area (Å²) in [6, 6.07) is 7.13. The molecule has 0 aliphatic rings. The van der Waals surface area contributed by atoms with Crippen LogP contribution in [0.5, 0.6) is 0 Å². The van der Waals surface area contributed by atoms with Crippen LogP contribution in [0.2, 0.25) is 5.02 Å². The van der Waals surface area contributed by atoms with Gasteiger partial charge in [-0.2, -0.15) is 0 Å². The lowest BCUT2D eigenvalue weighted by atomic mass is 10.2. The third kappa shape index (κ3) is 2.91. The van der Waals surface area contributed by atoms with Gasteiger partial charge in [0.25, 0.3) is 5.91 Å². The number of aromatic nitrogens is 1. The summed E-state index contributed by atoms with van der Waals surface area (Å²) in [5.41, 5.74) is 6.90. The van der Waals surface area contributed by atoms with E-state index >= 15 is 0 Å². The number of anilines is 2. The van der Waals surface area contributed by atoms with Crippen molar-refractivity contribution in [2.24, 2.45) is 5.73 Å². The van der Waals surface area contributed by atoms with Crippen LogP contribution in [0.25, 0.3) is 0 Å². The van der Waals surface area contributed by atoms with Crippen LogP contribution < -0.4 is 11.1 Å². The normalized spacial score (nSPS) is 10.1. The van der Waals surface area contributed by atoms with Gasteiger partial charge in [0.1, 0.15) is 0 Å². The molecule has 0 fully saturated rings. The van der Waals surface area contributed by atoms with Gasteiger partial charge in [0.15, 0.2) is 0 Å². The number of pyridine rings is 1. The Kier molecular flexibility index (Phi) is 4.03. The Bertz CT molecular complexity index is 604. The van der Waals surface area contributed by atoms with Crippen LogP contribution in [-0.4, -0.2) is 10.9 Å². The van der Waals surface area contributed by atoms with Crippen molar-refractivity contribution in [2.45, 2.75) is 0 Å². The van der Waals surface area contributed by atoms with Gasteiger partial charge in [-0.15, -0.1) is 0 Å². The van der Waals surface area contributed by atoms with Crippen molar-refractivity contribution in [3.63, 3.8) is 0 Å². The van der Waals surface area contributed by atoms with Crippen molar-refractivity contribution in [1.29, 1.82) is 0 Å². The summed E-state index contributed by atoms with van der Waals surface area (Å²) in [5.74, 6) is -0.512. The first-order valence-corrected chi connectivity index (χ1v) is 6.49. The number of amides is 1. The highest BCUT2D eigenvalue weighted by atomic mass is 127. The van der Waals surface area contributed by atoms with Crippen molar-refractivity contribution in [3.8, 4) is 0 Å². The number of carbonyl (C=O) groups is 1. The topological polar surface area (TPSA) is 68.0 Å². The first kappa shape index (κ1) is 13.1. The lowest BCUT2D eigenvalue weighted by molar-refractivity contribution is 0.100. The average molecular weight is 374 g/mol. The van der Waals surface area contributed by atoms with E-state index in [9.17, 15) is 4.79 Å². The van der Waals surface area contributed by atoms with Crippen LogP contribution in [0.1, 0.15) is 10.4 Å². The van der Waals surface area contributed by atoms with Gasteiger partial charge in [-0.25, -0.2) is 0 Å². The maximum absolute atomic E-state index is 11.3. The molecule has 0 saturated carbocycles. The largest absolute Gasteiger partial charge is 0.366 e. The Morgan fingerprint density at radius 3 is 2.78 bits per heavy atom. The number of primary amides is 1. The third-order valence-corrected chi connectivity index (χ3v) is 3.27. The number of halogens is 2. The zero-order chi connectivity index (χ0) is 13.1. The number of nitrogens with one attached hydrogen (secondary N) is 1. The molecule has 18 heavy (non-hydrogen) atoms. The lowest BCUT2D eigenvalue weighted by Gasteiger charge is -2.10. The third-order valence-electron chi connectivity index (χ3n) is 2.29. The Hall–Kier alpha value is -1.34. The number of hydrogen-bond acceptors (Lipinski definition) is 3. The zero-order valence-electron chi connectivity index (χ0n) is 9.15. The molecule has 0 saturated heterocycles. The second kappa shape index (κ2) is 5.53. The first-order chi connectivity index (χ1) is 8.58. The molecule has 0 aliphatic heterocycles. The van der Waals surface area contributed by atoms with E-state index in [1.54, 1.807) is 6.07 Å². The molecule has 92 valence electrons. The summed E-state index contributed by atoms with van der Waals surface area (Å²) in [6.45, 7) is 0. The van der Waals surface area contributed by atoms with Crippen LogP contribution in [-0.2, 0) is 0 Å². The Balaban J connectivity index is 2.37. The second-order valence-electron chi connectivity index (χ2n) is 3.53. The molecule has 1 amide bonds. The van der Waals surface area contributed by atoms with Crippen molar-refractivity contribution in [1.82, 2.24) is 4.98 Å². The SMILES string of the molecule is NC(=O)c1ccncc1Nc1ccc(I)cc1Cl. The van der Waals surface area contributed by atoms with Crippen molar-refractivity contribution in [2.75, 3.05) is 5.32 Å². The predicted molar refractivity (Wildman–Crippen MR) is 80.2 cm³/mol. The maximum Gasteiger partial charge on any atom is 0.250 e. The van der Waals surface area contributed by atoms with Gasteiger partial charge < -0.3 is 11.1 Å². The molecule has 0 aliphatic carbocycles. The lowest BCUT2D eigenvalue weighted by Crippen LogP contribution is -2.13. The number of rotatable bonds is 3. The van der Waals surface area contributed by atoms with E-state index < -0.39 is 5.91 Å². The number of nitrogens with two attached hydrogens (primary N) is 1. The fourth-order valence-electron chi connectivity index (χ4n) is 1.44. The number of nitrogens with zero attached hydrogens (tertiary/aromatic N) is 1. The monoisotopic (exact) mass is 373 g/mol. The highest BCUT2D eigenvalue weighted by Gasteiger charge is 2.09. The molecule has 0 atom stereocenters. The minimum absolute atomic E-state index is 0.375. The van der Waals surface area contributed by atoms with E-state index in [0.717, 1.165) is 3.57 Å². The summed E-state index contributed by atoms with van der Waals surface area (Å²) in [6.07, 6.45) is 3.05. The average Bonchev–Trinajstić information content (AvgIpc) is 2.33. The molecule has 0 radical (unpaired) electrons. The van der Waals surface area contributed by atoms with Gasteiger partial charge in [-0.05, 0) is 46.9 Å². The van der Waals surface area contributed by atoms with Crippen LogP contribution in [0.3, 0.4) is 0 Å². The van der Waals surface area contributed by atoms with Crippen molar-refractivity contribution < 1.29 is 4.79 Å². The fraction of sp³-hybridized carbons (Fsp3) is 0. The number of benzene rings is 1. The molecule has 4 nitrogen and oxygen atoms in total. The molecule has 2 aromatic rings.